The quantitative estimate of drug-likeness (QED) is 0.800. The minimum Gasteiger partial charge on any atom is -0.388 e. The summed E-state index contributed by atoms with van der Waals surface area (Å²) in [6.45, 7) is 0.227. The second-order valence-electron chi connectivity index (χ2n) is 4.12. The van der Waals surface area contributed by atoms with Crippen LogP contribution in [0.3, 0.4) is 0 Å². The monoisotopic (exact) mass is 224 g/mol. The topological polar surface area (TPSA) is 62.2 Å². The number of hydrogen-bond acceptors (Lipinski definition) is 3. The van der Waals surface area contributed by atoms with Crippen molar-refractivity contribution in [2.24, 2.45) is 0 Å². The summed E-state index contributed by atoms with van der Waals surface area (Å²) in [5.41, 5.74) is -0.597. The molecule has 0 aromatic carbocycles. The summed E-state index contributed by atoms with van der Waals surface area (Å²) in [6.07, 6.45) is 3.41. The summed E-state index contributed by atoms with van der Waals surface area (Å²) in [5.74, 6) is -0.866. The zero-order valence-corrected chi connectivity index (χ0v) is 8.74. The Morgan fingerprint density at radius 2 is 2.31 bits per heavy atom. The van der Waals surface area contributed by atoms with E-state index in [0.717, 1.165) is 12.6 Å². The average Bonchev–Trinajstić information content (AvgIpc) is 2.24. The van der Waals surface area contributed by atoms with Crippen molar-refractivity contribution in [1.29, 1.82) is 0 Å². The normalized spacial score (nSPS) is 17.6. The van der Waals surface area contributed by atoms with E-state index >= 15 is 0 Å². The Balaban J connectivity index is 1.90. The Bertz CT molecular complexity index is 387. The maximum Gasteiger partial charge on any atom is 0.269 e. The van der Waals surface area contributed by atoms with Gasteiger partial charge in [-0.3, -0.25) is 4.79 Å². The highest BCUT2D eigenvalue weighted by Crippen LogP contribution is 2.30. The van der Waals surface area contributed by atoms with Gasteiger partial charge >= 0.3 is 0 Å². The highest BCUT2D eigenvalue weighted by Gasteiger charge is 2.34. The zero-order valence-electron chi connectivity index (χ0n) is 8.74. The molecule has 2 N–H and O–H groups in total. The summed E-state index contributed by atoms with van der Waals surface area (Å²) in [5, 5.41) is 12.3. The number of aliphatic hydroxyl groups is 1. The SMILES string of the molecule is O=C(NCC1(O)CCC1)c1ccc(F)cn1. The molecule has 1 amide bonds. The van der Waals surface area contributed by atoms with Gasteiger partial charge in [0.05, 0.1) is 11.8 Å². The predicted octanol–water partition coefficient (Wildman–Crippen LogP) is 0.865. The van der Waals surface area contributed by atoms with Gasteiger partial charge in [0, 0.05) is 6.54 Å². The van der Waals surface area contributed by atoms with E-state index in [1.165, 1.54) is 12.1 Å². The molecule has 1 saturated carbocycles. The van der Waals surface area contributed by atoms with Crippen molar-refractivity contribution in [3.05, 3.63) is 29.8 Å². The number of nitrogens with one attached hydrogen (secondary N) is 1. The smallest absolute Gasteiger partial charge is 0.269 e. The molecular formula is C11H13FN2O2. The van der Waals surface area contributed by atoms with Crippen molar-refractivity contribution in [3.63, 3.8) is 0 Å². The molecule has 1 fully saturated rings. The Morgan fingerprint density at radius 3 is 2.81 bits per heavy atom. The maximum absolute atomic E-state index is 12.6. The molecule has 86 valence electrons. The second kappa shape index (κ2) is 4.17. The lowest BCUT2D eigenvalue weighted by Crippen LogP contribution is -2.47. The minimum atomic E-state index is -0.754. The van der Waals surface area contributed by atoms with Crippen LogP contribution in [0.2, 0.25) is 0 Å². The van der Waals surface area contributed by atoms with Gasteiger partial charge in [0.15, 0.2) is 0 Å². The van der Waals surface area contributed by atoms with Gasteiger partial charge in [0.1, 0.15) is 11.5 Å². The minimum absolute atomic E-state index is 0.157. The van der Waals surface area contributed by atoms with Gasteiger partial charge in [-0.2, -0.15) is 0 Å². The molecule has 0 bridgehead atoms. The van der Waals surface area contributed by atoms with E-state index in [2.05, 4.69) is 10.3 Å². The van der Waals surface area contributed by atoms with E-state index < -0.39 is 11.4 Å². The maximum atomic E-state index is 12.6. The van der Waals surface area contributed by atoms with Gasteiger partial charge in [-0.25, -0.2) is 9.37 Å². The number of hydrogen-bond donors (Lipinski definition) is 2. The van der Waals surface area contributed by atoms with Crippen LogP contribution in [0.25, 0.3) is 0 Å². The van der Waals surface area contributed by atoms with Crippen LogP contribution >= 0.6 is 0 Å². The molecular weight excluding hydrogens is 211 g/mol. The lowest BCUT2D eigenvalue weighted by Gasteiger charge is -2.36. The fraction of sp³-hybridized carbons (Fsp3) is 0.455. The first-order valence-corrected chi connectivity index (χ1v) is 5.21. The lowest BCUT2D eigenvalue weighted by atomic mass is 9.80. The van der Waals surface area contributed by atoms with Crippen LogP contribution in [0, 0.1) is 5.82 Å². The largest absolute Gasteiger partial charge is 0.388 e. The number of carbonyl (C=O) groups excluding carboxylic acids is 1. The van der Waals surface area contributed by atoms with Gasteiger partial charge in [0.2, 0.25) is 0 Å². The molecule has 1 aromatic heterocycles. The molecule has 0 aliphatic heterocycles. The van der Waals surface area contributed by atoms with E-state index in [1.54, 1.807) is 0 Å². The van der Waals surface area contributed by atoms with E-state index in [-0.39, 0.29) is 18.1 Å². The Hall–Kier alpha value is -1.49. The van der Waals surface area contributed by atoms with Crippen molar-refractivity contribution >= 4 is 5.91 Å². The van der Waals surface area contributed by atoms with E-state index in [4.69, 9.17) is 0 Å². The fourth-order valence-corrected chi connectivity index (χ4v) is 1.61. The number of amides is 1. The third-order valence-electron chi connectivity index (χ3n) is 2.82. The van der Waals surface area contributed by atoms with Crippen LogP contribution in [-0.2, 0) is 0 Å². The van der Waals surface area contributed by atoms with Crippen LogP contribution in [0.4, 0.5) is 4.39 Å². The van der Waals surface area contributed by atoms with Crippen molar-refractivity contribution in [3.8, 4) is 0 Å². The molecule has 2 rings (SSSR count). The number of rotatable bonds is 3. The van der Waals surface area contributed by atoms with Crippen molar-refractivity contribution < 1.29 is 14.3 Å². The van der Waals surface area contributed by atoms with Gasteiger partial charge in [-0.1, -0.05) is 0 Å². The molecule has 1 heterocycles. The lowest BCUT2D eigenvalue weighted by molar-refractivity contribution is -0.0300. The number of nitrogens with zero attached hydrogens (tertiary/aromatic N) is 1. The number of pyridine rings is 1. The standard InChI is InChI=1S/C11H13FN2O2/c12-8-2-3-9(13-6-8)10(15)14-7-11(16)4-1-5-11/h2-3,6,16H,1,4-5,7H2,(H,14,15). The first-order valence-electron chi connectivity index (χ1n) is 5.21. The Morgan fingerprint density at radius 1 is 1.56 bits per heavy atom. The van der Waals surface area contributed by atoms with E-state index in [9.17, 15) is 14.3 Å². The summed E-state index contributed by atoms with van der Waals surface area (Å²) in [4.78, 5) is 15.2. The van der Waals surface area contributed by atoms with Gasteiger partial charge in [0.25, 0.3) is 5.91 Å². The van der Waals surface area contributed by atoms with E-state index in [0.29, 0.717) is 12.8 Å². The number of halogens is 1. The molecule has 1 aromatic rings. The molecule has 16 heavy (non-hydrogen) atoms. The summed E-state index contributed by atoms with van der Waals surface area (Å²) in [6, 6.07) is 2.50. The van der Waals surface area contributed by atoms with Gasteiger partial charge < -0.3 is 10.4 Å². The van der Waals surface area contributed by atoms with Crippen LogP contribution in [0.1, 0.15) is 29.8 Å². The molecule has 0 spiro atoms. The van der Waals surface area contributed by atoms with E-state index in [1.807, 2.05) is 0 Å². The molecule has 5 heteroatoms. The van der Waals surface area contributed by atoms with Crippen molar-refractivity contribution in [1.82, 2.24) is 10.3 Å². The number of carbonyl (C=O) groups is 1. The first-order chi connectivity index (χ1) is 7.59. The average molecular weight is 224 g/mol. The van der Waals surface area contributed by atoms with Gasteiger partial charge in [-0.05, 0) is 31.4 Å². The molecule has 0 radical (unpaired) electrons. The molecule has 4 nitrogen and oxygen atoms in total. The summed E-state index contributed by atoms with van der Waals surface area (Å²) >= 11 is 0. The van der Waals surface area contributed by atoms with Crippen molar-refractivity contribution in [2.75, 3.05) is 6.54 Å². The highest BCUT2D eigenvalue weighted by atomic mass is 19.1. The molecule has 1 aliphatic rings. The van der Waals surface area contributed by atoms with Crippen molar-refractivity contribution in [2.45, 2.75) is 24.9 Å². The van der Waals surface area contributed by atoms with Crippen LogP contribution < -0.4 is 5.32 Å². The molecule has 0 unspecified atom stereocenters. The summed E-state index contributed by atoms with van der Waals surface area (Å²) < 4.78 is 12.6. The zero-order chi connectivity index (χ0) is 11.6. The third-order valence-corrected chi connectivity index (χ3v) is 2.82. The van der Waals surface area contributed by atoms with Crippen LogP contribution in [-0.4, -0.2) is 28.1 Å². The number of aromatic nitrogens is 1. The summed E-state index contributed by atoms with van der Waals surface area (Å²) in [7, 11) is 0. The first kappa shape index (κ1) is 11.0. The second-order valence-corrected chi connectivity index (χ2v) is 4.12. The predicted molar refractivity (Wildman–Crippen MR) is 55.3 cm³/mol. The van der Waals surface area contributed by atoms with Gasteiger partial charge in [-0.15, -0.1) is 0 Å². The van der Waals surface area contributed by atoms with Crippen LogP contribution in [0.15, 0.2) is 18.3 Å². The third kappa shape index (κ3) is 2.36. The molecule has 0 atom stereocenters. The highest BCUT2D eigenvalue weighted by molar-refractivity contribution is 5.92. The molecule has 1 aliphatic carbocycles. The Kier molecular flexibility index (Phi) is 2.87. The fourth-order valence-electron chi connectivity index (χ4n) is 1.61. The molecule has 0 saturated heterocycles. The van der Waals surface area contributed by atoms with Crippen LogP contribution in [0.5, 0.6) is 0 Å². The Labute approximate surface area is 92.5 Å².